The average Bonchev–Trinajstić information content (AvgIpc) is 2.85. The number of nitrogens with two attached hydrogens (primary N) is 1. The van der Waals surface area contributed by atoms with E-state index in [0.717, 1.165) is 49.5 Å². The Morgan fingerprint density at radius 1 is 1.37 bits per heavy atom. The molecule has 0 unspecified atom stereocenters. The van der Waals surface area contributed by atoms with Crippen molar-refractivity contribution in [2.24, 2.45) is 16.0 Å². The van der Waals surface area contributed by atoms with Gasteiger partial charge in [0, 0.05) is 11.1 Å². The molecule has 0 saturated carbocycles. The van der Waals surface area contributed by atoms with Crippen molar-refractivity contribution in [2.45, 2.75) is 19.3 Å². The third-order valence-electron chi connectivity index (χ3n) is 3.61. The van der Waals surface area contributed by atoms with Gasteiger partial charge >= 0.3 is 0 Å². The Morgan fingerprint density at radius 2 is 2.26 bits per heavy atom. The van der Waals surface area contributed by atoms with Crippen LogP contribution < -0.4 is 5.84 Å². The number of amidine groups is 1. The van der Waals surface area contributed by atoms with Crippen LogP contribution in [0.4, 0.5) is 0 Å². The Morgan fingerprint density at radius 3 is 3.00 bits per heavy atom. The Hall–Kier alpha value is -1.88. The van der Waals surface area contributed by atoms with Gasteiger partial charge in [0.05, 0.1) is 18.8 Å². The van der Waals surface area contributed by atoms with Crippen molar-refractivity contribution < 1.29 is 4.84 Å². The van der Waals surface area contributed by atoms with Crippen LogP contribution >= 0.6 is 0 Å². The van der Waals surface area contributed by atoms with Crippen molar-refractivity contribution >= 4 is 11.5 Å². The summed E-state index contributed by atoms with van der Waals surface area (Å²) in [6.45, 7) is 1.55. The third-order valence-corrected chi connectivity index (χ3v) is 3.61. The molecule has 0 saturated heterocycles. The van der Waals surface area contributed by atoms with Crippen LogP contribution in [-0.4, -0.2) is 36.8 Å². The number of aryl methyl sites for hydroxylation is 1. The lowest BCUT2D eigenvalue weighted by Gasteiger charge is -2.20. The van der Waals surface area contributed by atoms with Crippen molar-refractivity contribution in [3.8, 4) is 0 Å². The average molecular weight is 258 g/mol. The quantitative estimate of drug-likeness (QED) is 0.642. The van der Waals surface area contributed by atoms with E-state index in [2.05, 4.69) is 28.3 Å². The number of nitrogens with zero attached hydrogens (tertiary/aromatic N) is 3. The standard InChI is InChI=1S/C14H18N4O/c1-19-17-13-4-2-3-10-5-6-11(9-12(10)13)14-16-7-8-18(14)15/h5-6,9H,2-4,7-8,15H2,1H3. The van der Waals surface area contributed by atoms with Crippen molar-refractivity contribution in [1.82, 2.24) is 5.01 Å². The molecule has 0 fully saturated rings. The summed E-state index contributed by atoms with van der Waals surface area (Å²) in [4.78, 5) is 9.40. The van der Waals surface area contributed by atoms with E-state index >= 15 is 0 Å². The van der Waals surface area contributed by atoms with E-state index in [0.29, 0.717) is 0 Å². The van der Waals surface area contributed by atoms with Gasteiger partial charge in [0.2, 0.25) is 0 Å². The molecule has 0 spiro atoms. The number of hydrazine groups is 1. The molecular weight excluding hydrogens is 240 g/mol. The third kappa shape index (κ3) is 2.21. The molecule has 0 atom stereocenters. The highest BCUT2D eigenvalue weighted by molar-refractivity contribution is 6.06. The predicted octanol–water partition coefficient (Wildman–Crippen LogP) is 1.31. The first kappa shape index (κ1) is 12.2. The summed E-state index contributed by atoms with van der Waals surface area (Å²) < 4.78 is 0. The van der Waals surface area contributed by atoms with Gasteiger partial charge < -0.3 is 4.84 Å². The van der Waals surface area contributed by atoms with Crippen LogP contribution in [0.1, 0.15) is 29.5 Å². The molecule has 0 aromatic heterocycles. The van der Waals surface area contributed by atoms with Gasteiger partial charge in [-0.1, -0.05) is 17.3 Å². The smallest absolute Gasteiger partial charge is 0.145 e. The first-order valence-electron chi connectivity index (χ1n) is 6.60. The minimum atomic E-state index is 0.766. The highest BCUT2D eigenvalue weighted by atomic mass is 16.6. The van der Waals surface area contributed by atoms with Gasteiger partial charge in [-0.15, -0.1) is 0 Å². The number of rotatable bonds is 2. The van der Waals surface area contributed by atoms with Crippen LogP contribution in [0.15, 0.2) is 28.3 Å². The fourth-order valence-corrected chi connectivity index (χ4v) is 2.71. The van der Waals surface area contributed by atoms with Crippen molar-refractivity contribution in [3.05, 3.63) is 34.9 Å². The first-order valence-corrected chi connectivity index (χ1v) is 6.60. The zero-order chi connectivity index (χ0) is 13.2. The van der Waals surface area contributed by atoms with Gasteiger partial charge in [-0.25, -0.2) is 5.84 Å². The minimum Gasteiger partial charge on any atom is -0.399 e. The normalized spacial score (nSPS) is 20.4. The van der Waals surface area contributed by atoms with Gasteiger partial charge in [0.25, 0.3) is 0 Å². The van der Waals surface area contributed by atoms with Crippen molar-refractivity contribution in [1.29, 1.82) is 0 Å². The molecule has 1 aliphatic heterocycles. The van der Waals surface area contributed by atoms with Gasteiger partial charge in [-0.3, -0.25) is 10.0 Å². The topological polar surface area (TPSA) is 63.2 Å². The molecule has 1 heterocycles. The fraction of sp³-hybridized carbons (Fsp3) is 0.429. The van der Waals surface area contributed by atoms with E-state index in [-0.39, 0.29) is 0 Å². The maximum absolute atomic E-state index is 5.93. The Balaban J connectivity index is 2.02. The monoisotopic (exact) mass is 258 g/mol. The Bertz CT molecular complexity index is 550. The van der Waals surface area contributed by atoms with Crippen LogP contribution in [0.5, 0.6) is 0 Å². The molecule has 2 N–H and O–H groups in total. The summed E-state index contributed by atoms with van der Waals surface area (Å²) in [6, 6.07) is 6.39. The van der Waals surface area contributed by atoms with E-state index in [4.69, 9.17) is 10.7 Å². The molecule has 1 aliphatic carbocycles. The Kier molecular flexibility index (Phi) is 3.21. The molecule has 0 radical (unpaired) electrons. The number of aliphatic imine (C=N–C) groups is 1. The number of fused-ring (bicyclic) bond motifs is 1. The molecule has 1 aromatic rings. The number of benzene rings is 1. The minimum absolute atomic E-state index is 0.766. The lowest BCUT2D eigenvalue weighted by Crippen LogP contribution is -2.35. The molecule has 5 nitrogen and oxygen atoms in total. The summed E-state index contributed by atoms with van der Waals surface area (Å²) in [5, 5.41) is 5.85. The maximum atomic E-state index is 5.93. The molecule has 2 aliphatic rings. The maximum Gasteiger partial charge on any atom is 0.145 e. The molecule has 3 rings (SSSR count). The number of hydrogen-bond donors (Lipinski definition) is 1. The predicted molar refractivity (Wildman–Crippen MR) is 75.2 cm³/mol. The molecule has 19 heavy (non-hydrogen) atoms. The van der Waals surface area contributed by atoms with Crippen molar-refractivity contribution in [2.75, 3.05) is 20.2 Å². The zero-order valence-electron chi connectivity index (χ0n) is 11.1. The highest BCUT2D eigenvalue weighted by Gasteiger charge is 2.20. The fourth-order valence-electron chi connectivity index (χ4n) is 2.71. The van der Waals surface area contributed by atoms with E-state index in [1.165, 1.54) is 11.1 Å². The summed E-state index contributed by atoms with van der Waals surface area (Å²) >= 11 is 0. The van der Waals surface area contributed by atoms with E-state index in [9.17, 15) is 0 Å². The summed E-state index contributed by atoms with van der Waals surface area (Å²) in [7, 11) is 1.59. The van der Waals surface area contributed by atoms with E-state index in [1.807, 2.05) is 0 Å². The van der Waals surface area contributed by atoms with Gasteiger partial charge in [-0.2, -0.15) is 0 Å². The highest BCUT2D eigenvalue weighted by Crippen LogP contribution is 2.24. The summed E-state index contributed by atoms with van der Waals surface area (Å²) in [5.74, 6) is 6.79. The largest absolute Gasteiger partial charge is 0.399 e. The Labute approximate surface area is 112 Å². The number of hydrogen-bond acceptors (Lipinski definition) is 5. The summed E-state index contributed by atoms with van der Waals surface area (Å²) in [6.07, 6.45) is 3.18. The van der Waals surface area contributed by atoms with Gasteiger partial charge in [-0.05, 0) is 30.9 Å². The van der Waals surface area contributed by atoms with Crippen LogP contribution in [-0.2, 0) is 11.3 Å². The molecule has 0 amide bonds. The molecule has 1 aromatic carbocycles. The number of oxime groups is 1. The first-order chi connectivity index (χ1) is 9.29. The molecule has 100 valence electrons. The molecule has 5 heteroatoms. The second-order valence-corrected chi connectivity index (χ2v) is 4.84. The second kappa shape index (κ2) is 5.01. The SMILES string of the molecule is CON=C1CCCc2ccc(C3=NCCN3N)cc21. The molecule has 0 bridgehead atoms. The summed E-state index contributed by atoms with van der Waals surface area (Å²) in [5.41, 5.74) is 4.58. The van der Waals surface area contributed by atoms with Gasteiger partial charge in [0.1, 0.15) is 12.9 Å². The van der Waals surface area contributed by atoms with Crippen LogP contribution in [0, 0.1) is 0 Å². The van der Waals surface area contributed by atoms with E-state index in [1.54, 1.807) is 12.1 Å². The van der Waals surface area contributed by atoms with E-state index < -0.39 is 0 Å². The van der Waals surface area contributed by atoms with Crippen LogP contribution in [0.25, 0.3) is 0 Å². The van der Waals surface area contributed by atoms with Crippen LogP contribution in [0.3, 0.4) is 0 Å². The van der Waals surface area contributed by atoms with Crippen molar-refractivity contribution in [3.63, 3.8) is 0 Å². The molecular formula is C14H18N4O. The van der Waals surface area contributed by atoms with Crippen LogP contribution in [0.2, 0.25) is 0 Å². The lowest BCUT2D eigenvalue weighted by atomic mass is 9.88. The second-order valence-electron chi connectivity index (χ2n) is 4.84. The zero-order valence-corrected chi connectivity index (χ0v) is 11.1. The van der Waals surface area contributed by atoms with Gasteiger partial charge in [0.15, 0.2) is 0 Å². The lowest BCUT2D eigenvalue weighted by molar-refractivity contribution is 0.212.